The highest BCUT2D eigenvalue weighted by atomic mass is 16.1. The molecule has 0 aliphatic rings. The standard InChI is InChI=1S/C14H13N3O/c18-10-14(11-4-1-7-15-11,12-5-2-8-16-12)13-6-3-9-17-13/h1-10,15-17H. The Balaban J connectivity index is 2.29. The smallest absolute Gasteiger partial charge is 0.145 e. The van der Waals surface area contributed by atoms with Gasteiger partial charge in [-0.1, -0.05) is 0 Å². The Morgan fingerprint density at radius 1 is 0.778 bits per heavy atom. The first kappa shape index (κ1) is 10.7. The second kappa shape index (κ2) is 4.07. The minimum absolute atomic E-state index is 0.836. The Morgan fingerprint density at radius 3 is 1.39 bits per heavy atom. The van der Waals surface area contributed by atoms with Crippen molar-refractivity contribution in [1.29, 1.82) is 0 Å². The maximum atomic E-state index is 11.9. The molecule has 3 rings (SSSR count). The van der Waals surface area contributed by atoms with E-state index in [1.54, 1.807) is 0 Å². The van der Waals surface area contributed by atoms with E-state index in [-0.39, 0.29) is 0 Å². The molecule has 0 aliphatic heterocycles. The molecule has 3 aromatic rings. The molecule has 0 saturated carbocycles. The van der Waals surface area contributed by atoms with Gasteiger partial charge >= 0.3 is 0 Å². The number of nitrogens with one attached hydrogen (secondary N) is 3. The molecule has 0 unspecified atom stereocenters. The summed E-state index contributed by atoms with van der Waals surface area (Å²) in [4.78, 5) is 21.3. The van der Waals surface area contributed by atoms with Crippen molar-refractivity contribution in [2.75, 3.05) is 0 Å². The van der Waals surface area contributed by atoms with Gasteiger partial charge in [0.1, 0.15) is 11.7 Å². The van der Waals surface area contributed by atoms with E-state index in [4.69, 9.17) is 0 Å². The average molecular weight is 239 g/mol. The summed E-state index contributed by atoms with van der Waals surface area (Å²) in [6.07, 6.45) is 6.41. The zero-order valence-electron chi connectivity index (χ0n) is 9.68. The molecule has 0 atom stereocenters. The highest BCUT2D eigenvalue weighted by Crippen LogP contribution is 2.34. The summed E-state index contributed by atoms with van der Waals surface area (Å²) in [5.74, 6) is 0. The minimum atomic E-state index is -0.837. The maximum Gasteiger partial charge on any atom is 0.145 e. The number of hydrogen-bond donors (Lipinski definition) is 3. The molecule has 4 heteroatoms. The zero-order chi connectivity index (χ0) is 12.4. The van der Waals surface area contributed by atoms with Crippen molar-refractivity contribution in [1.82, 2.24) is 15.0 Å². The van der Waals surface area contributed by atoms with Gasteiger partial charge in [0, 0.05) is 35.7 Å². The van der Waals surface area contributed by atoms with Crippen LogP contribution >= 0.6 is 0 Å². The monoisotopic (exact) mass is 239 g/mol. The van der Waals surface area contributed by atoms with Crippen LogP contribution < -0.4 is 0 Å². The Hall–Kier alpha value is -2.49. The van der Waals surface area contributed by atoms with Crippen LogP contribution in [-0.2, 0) is 10.2 Å². The molecule has 3 heterocycles. The Morgan fingerprint density at radius 2 is 1.17 bits per heavy atom. The predicted molar refractivity (Wildman–Crippen MR) is 68.3 cm³/mol. The van der Waals surface area contributed by atoms with Gasteiger partial charge in [-0.3, -0.25) is 0 Å². The van der Waals surface area contributed by atoms with Crippen molar-refractivity contribution in [3.05, 3.63) is 72.1 Å². The first-order chi connectivity index (χ1) is 8.88. The van der Waals surface area contributed by atoms with Crippen LogP contribution in [0.4, 0.5) is 0 Å². The molecule has 0 bridgehead atoms. The first-order valence-corrected chi connectivity index (χ1v) is 5.76. The number of aldehydes is 1. The molecular weight excluding hydrogens is 226 g/mol. The SMILES string of the molecule is O=CC(c1ccc[nH]1)(c1ccc[nH]1)c1ccc[nH]1. The van der Waals surface area contributed by atoms with Crippen LogP contribution in [-0.4, -0.2) is 21.2 Å². The fourth-order valence-corrected chi connectivity index (χ4v) is 2.35. The van der Waals surface area contributed by atoms with Gasteiger partial charge in [0.2, 0.25) is 0 Å². The second-order valence-corrected chi connectivity index (χ2v) is 4.18. The zero-order valence-corrected chi connectivity index (χ0v) is 9.68. The van der Waals surface area contributed by atoms with Gasteiger partial charge in [-0.2, -0.15) is 0 Å². The first-order valence-electron chi connectivity index (χ1n) is 5.76. The molecule has 0 saturated heterocycles. The highest BCUT2D eigenvalue weighted by Gasteiger charge is 2.39. The maximum absolute atomic E-state index is 11.9. The third-order valence-corrected chi connectivity index (χ3v) is 3.25. The lowest BCUT2D eigenvalue weighted by Crippen LogP contribution is -2.32. The van der Waals surface area contributed by atoms with E-state index >= 15 is 0 Å². The number of carbonyl (C=O) groups excluding carboxylic acids is 1. The Kier molecular flexibility index (Phi) is 2.41. The van der Waals surface area contributed by atoms with Gasteiger partial charge < -0.3 is 19.7 Å². The van der Waals surface area contributed by atoms with Gasteiger partial charge in [-0.15, -0.1) is 0 Å². The highest BCUT2D eigenvalue weighted by molar-refractivity contribution is 5.78. The number of rotatable bonds is 4. The van der Waals surface area contributed by atoms with Gasteiger partial charge in [0.15, 0.2) is 0 Å². The summed E-state index contributed by atoms with van der Waals surface area (Å²) < 4.78 is 0. The molecule has 0 fully saturated rings. The fraction of sp³-hybridized carbons (Fsp3) is 0.0714. The minimum Gasteiger partial charge on any atom is -0.364 e. The van der Waals surface area contributed by atoms with Gasteiger partial charge in [-0.05, 0) is 36.4 Å². The second-order valence-electron chi connectivity index (χ2n) is 4.18. The topological polar surface area (TPSA) is 64.4 Å². The van der Waals surface area contributed by atoms with Crippen LogP contribution in [0.5, 0.6) is 0 Å². The molecule has 0 aromatic carbocycles. The summed E-state index contributed by atoms with van der Waals surface area (Å²) in [6, 6.07) is 11.4. The van der Waals surface area contributed by atoms with Crippen LogP contribution in [0.2, 0.25) is 0 Å². The molecule has 18 heavy (non-hydrogen) atoms. The van der Waals surface area contributed by atoms with Crippen molar-refractivity contribution in [2.45, 2.75) is 5.41 Å². The van der Waals surface area contributed by atoms with Gasteiger partial charge in [0.05, 0.1) is 0 Å². The summed E-state index contributed by atoms with van der Waals surface area (Å²) >= 11 is 0. The third kappa shape index (κ3) is 1.35. The van der Waals surface area contributed by atoms with Crippen molar-refractivity contribution < 1.29 is 4.79 Å². The Bertz CT molecular complexity index is 522. The molecule has 4 nitrogen and oxygen atoms in total. The Labute approximate surface area is 104 Å². The van der Waals surface area contributed by atoms with Gasteiger partial charge in [-0.25, -0.2) is 0 Å². The summed E-state index contributed by atoms with van der Waals surface area (Å²) in [6.45, 7) is 0. The molecular formula is C14H13N3O. The number of carbonyl (C=O) groups is 1. The van der Waals surface area contributed by atoms with E-state index in [0.29, 0.717) is 0 Å². The molecule has 0 spiro atoms. The summed E-state index contributed by atoms with van der Waals surface area (Å²) in [5, 5.41) is 0. The van der Waals surface area contributed by atoms with Crippen LogP contribution in [0.15, 0.2) is 55.0 Å². The van der Waals surface area contributed by atoms with Crippen molar-refractivity contribution in [3.63, 3.8) is 0 Å². The van der Waals surface area contributed by atoms with Crippen molar-refractivity contribution >= 4 is 6.29 Å². The van der Waals surface area contributed by atoms with E-state index in [1.165, 1.54) is 0 Å². The summed E-state index contributed by atoms with van der Waals surface area (Å²) in [5.41, 5.74) is 1.67. The van der Waals surface area contributed by atoms with E-state index in [0.717, 1.165) is 23.4 Å². The number of hydrogen-bond acceptors (Lipinski definition) is 1. The third-order valence-electron chi connectivity index (χ3n) is 3.25. The quantitative estimate of drug-likeness (QED) is 0.600. The number of H-pyrrole nitrogens is 3. The predicted octanol–water partition coefficient (Wildman–Crippen LogP) is 2.20. The van der Waals surface area contributed by atoms with Crippen LogP contribution in [0, 0.1) is 0 Å². The van der Waals surface area contributed by atoms with Crippen molar-refractivity contribution in [2.24, 2.45) is 0 Å². The average Bonchev–Trinajstić information content (AvgIpc) is 3.16. The van der Waals surface area contributed by atoms with Crippen molar-refractivity contribution in [3.8, 4) is 0 Å². The fourth-order valence-electron chi connectivity index (χ4n) is 2.35. The van der Waals surface area contributed by atoms with Crippen LogP contribution in [0.25, 0.3) is 0 Å². The lowest BCUT2D eigenvalue weighted by Gasteiger charge is -2.25. The van der Waals surface area contributed by atoms with Gasteiger partial charge in [0.25, 0.3) is 0 Å². The van der Waals surface area contributed by atoms with E-state index < -0.39 is 5.41 Å². The van der Waals surface area contributed by atoms with Crippen LogP contribution in [0.1, 0.15) is 17.1 Å². The number of aromatic nitrogens is 3. The molecule has 3 aromatic heterocycles. The van der Waals surface area contributed by atoms with E-state index in [2.05, 4.69) is 15.0 Å². The molecule has 0 amide bonds. The normalized spacial score (nSPS) is 11.6. The lowest BCUT2D eigenvalue weighted by atomic mass is 9.79. The molecule has 0 aliphatic carbocycles. The van der Waals surface area contributed by atoms with E-state index in [9.17, 15) is 4.79 Å². The van der Waals surface area contributed by atoms with E-state index in [1.807, 2.05) is 55.0 Å². The largest absolute Gasteiger partial charge is 0.364 e. The molecule has 3 N–H and O–H groups in total. The summed E-state index contributed by atoms with van der Waals surface area (Å²) in [7, 11) is 0. The molecule has 0 radical (unpaired) electrons. The molecule has 90 valence electrons. The van der Waals surface area contributed by atoms with Crippen LogP contribution in [0.3, 0.4) is 0 Å². The lowest BCUT2D eigenvalue weighted by molar-refractivity contribution is -0.110. The number of aromatic amines is 3.